The van der Waals surface area contributed by atoms with Crippen molar-refractivity contribution in [3.63, 3.8) is 0 Å². The lowest BCUT2D eigenvalue weighted by Gasteiger charge is -2.27. The van der Waals surface area contributed by atoms with Gasteiger partial charge in [0, 0.05) is 25.7 Å². The van der Waals surface area contributed by atoms with Crippen LogP contribution in [0.25, 0.3) is 0 Å². The Labute approximate surface area is 152 Å². The molecule has 1 saturated carbocycles. The Hall–Kier alpha value is -0.820. The first-order valence-electron chi connectivity index (χ1n) is 9.97. The van der Waals surface area contributed by atoms with Crippen LogP contribution < -0.4 is 10.6 Å². The van der Waals surface area contributed by atoms with Crippen LogP contribution in [-0.4, -0.2) is 57.7 Å². The van der Waals surface area contributed by atoms with Gasteiger partial charge in [0.2, 0.25) is 0 Å². The van der Waals surface area contributed by atoms with Crippen LogP contribution in [0, 0.1) is 5.92 Å². The van der Waals surface area contributed by atoms with E-state index in [1.54, 1.807) is 0 Å². The van der Waals surface area contributed by atoms with Crippen molar-refractivity contribution < 1.29 is 13.2 Å². The highest BCUT2D eigenvalue weighted by molar-refractivity contribution is 7.91. The maximum atomic E-state index is 11.6. The van der Waals surface area contributed by atoms with Crippen molar-refractivity contribution in [2.45, 2.75) is 69.9 Å². The highest BCUT2D eigenvalue weighted by atomic mass is 32.2. The molecule has 2 N–H and O–H groups in total. The number of aliphatic imine (C=N–C) groups is 1. The van der Waals surface area contributed by atoms with Crippen LogP contribution in [0.15, 0.2) is 4.99 Å². The lowest BCUT2D eigenvalue weighted by atomic mass is 9.96. The Morgan fingerprint density at radius 1 is 1.04 bits per heavy atom. The smallest absolute Gasteiger partial charge is 0.191 e. The van der Waals surface area contributed by atoms with Crippen LogP contribution in [0.1, 0.15) is 57.8 Å². The minimum atomic E-state index is -2.83. The second-order valence-corrected chi connectivity index (χ2v) is 10.0. The van der Waals surface area contributed by atoms with E-state index in [0.29, 0.717) is 24.1 Å². The molecule has 6 nitrogen and oxygen atoms in total. The predicted octanol–water partition coefficient (Wildman–Crippen LogP) is 1.86. The molecule has 2 aliphatic heterocycles. The van der Waals surface area contributed by atoms with Gasteiger partial charge < -0.3 is 15.4 Å². The van der Waals surface area contributed by atoms with E-state index in [-0.39, 0.29) is 12.0 Å². The molecule has 0 spiro atoms. The van der Waals surface area contributed by atoms with Crippen molar-refractivity contribution in [3.05, 3.63) is 0 Å². The number of rotatable bonds is 5. The summed E-state index contributed by atoms with van der Waals surface area (Å²) >= 11 is 0. The predicted molar refractivity (Wildman–Crippen MR) is 101 cm³/mol. The molecule has 3 fully saturated rings. The van der Waals surface area contributed by atoms with E-state index in [9.17, 15) is 8.42 Å². The number of sulfone groups is 1. The van der Waals surface area contributed by atoms with Crippen LogP contribution in [0.5, 0.6) is 0 Å². The Kier molecular flexibility index (Phi) is 6.99. The fraction of sp³-hybridized carbons (Fsp3) is 0.944. The minimum absolute atomic E-state index is 0.167. The zero-order valence-corrected chi connectivity index (χ0v) is 16.0. The highest BCUT2D eigenvalue weighted by Crippen LogP contribution is 2.19. The van der Waals surface area contributed by atoms with Gasteiger partial charge in [0.05, 0.1) is 17.6 Å². The average molecular weight is 372 g/mol. The van der Waals surface area contributed by atoms with E-state index in [1.165, 1.54) is 38.5 Å². The molecule has 0 aromatic rings. The molecule has 0 aromatic carbocycles. The van der Waals surface area contributed by atoms with Crippen molar-refractivity contribution in [2.75, 3.05) is 31.2 Å². The first kappa shape index (κ1) is 19.0. The minimum Gasteiger partial charge on any atom is -0.376 e. The van der Waals surface area contributed by atoms with Crippen molar-refractivity contribution in [3.8, 4) is 0 Å². The third-order valence-corrected chi connectivity index (χ3v) is 7.39. The molecule has 25 heavy (non-hydrogen) atoms. The van der Waals surface area contributed by atoms with Crippen LogP contribution in [-0.2, 0) is 14.6 Å². The van der Waals surface area contributed by atoms with Gasteiger partial charge in [-0.2, -0.15) is 0 Å². The van der Waals surface area contributed by atoms with E-state index in [0.717, 1.165) is 38.4 Å². The molecule has 2 heterocycles. The van der Waals surface area contributed by atoms with Gasteiger partial charge >= 0.3 is 0 Å². The standard InChI is InChI=1S/C18H33N3O3S/c22-25(23)11-9-15(14-25)12-19-18(21-16-6-2-1-3-7-16)20-13-17-8-4-5-10-24-17/h15-17H,1-14H2,(H2,19,20,21). The molecule has 3 rings (SSSR count). The van der Waals surface area contributed by atoms with E-state index in [2.05, 4.69) is 10.6 Å². The highest BCUT2D eigenvalue weighted by Gasteiger charge is 2.27. The van der Waals surface area contributed by atoms with Crippen LogP contribution >= 0.6 is 0 Å². The lowest BCUT2D eigenvalue weighted by molar-refractivity contribution is 0.0194. The molecule has 2 saturated heterocycles. The van der Waals surface area contributed by atoms with E-state index < -0.39 is 9.84 Å². The van der Waals surface area contributed by atoms with Gasteiger partial charge in [-0.1, -0.05) is 19.3 Å². The summed E-state index contributed by atoms with van der Waals surface area (Å²) in [5.74, 6) is 1.62. The van der Waals surface area contributed by atoms with E-state index >= 15 is 0 Å². The molecule has 3 aliphatic rings. The van der Waals surface area contributed by atoms with E-state index in [4.69, 9.17) is 9.73 Å². The fourth-order valence-corrected chi connectivity index (χ4v) is 5.86. The largest absolute Gasteiger partial charge is 0.376 e. The molecule has 0 aromatic heterocycles. The van der Waals surface area contributed by atoms with Crippen LogP contribution in [0.4, 0.5) is 0 Å². The Morgan fingerprint density at radius 3 is 2.52 bits per heavy atom. The summed E-state index contributed by atoms with van der Waals surface area (Å²) < 4.78 is 29.1. The maximum absolute atomic E-state index is 11.6. The molecule has 1 aliphatic carbocycles. The summed E-state index contributed by atoms with van der Waals surface area (Å²) in [6.45, 7) is 2.23. The Bertz CT molecular complexity index is 538. The summed E-state index contributed by atoms with van der Waals surface area (Å²) in [6.07, 6.45) is 10.8. The second kappa shape index (κ2) is 9.21. The Morgan fingerprint density at radius 2 is 1.84 bits per heavy atom. The third kappa shape index (κ3) is 6.44. The van der Waals surface area contributed by atoms with Gasteiger partial charge in [-0.15, -0.1) is 0 Å². The quantitative estimate of drug-likeness (QED) is 0.570. The summed E-state index contributed by atoms with van der Waals surface area (Å²) in [6, 6.07) is 0.486. The topological polar surface area (TPSA) is 79.8 Å². The van der Waals surface area contributed by atoms with Crippen molar-refractivity contribution in [1.82, 2.24) is 10.6 Å². The molecule has 2 atom stereocenters. The van der Waals surface area contributed by atoms with Gasteiger partial charge in [0.15, 0.2) is 15.8 Å². The van der Waals surface area contributed by atoms with Crippen molar-refractivity contribution in [1.29, 1.82) is 0 Å². The maximum Gasteiger partial charge on any atom is 0.191 e. The van der Waals surface area contributed by atoms with Crippen molar-refractivity contribution >= 4 is 15.8 Å². The number of ether oxygens (including phenoxy) is 1. The van der Waals surface area contributed by atoms with Gasteiger partial charge in [0.1, 0.15) is 0 Å². The monoisotopic (exact) mass is 371 g/mol. The number of nitrogens with zero attached hydrogens (tertiary/aromatic N) is 1. The summed E-state index contributed by atoms with van der Waals surface area (Å²) in [4.78, 5) is 4.72. The number of guanidine groups is 1. The Balaban J connectivity index is 1.53. The molecular formula is C18H33N3O3S. The van der Waals surface area contributed by atoms with Gasteiger partial charge in [-0.25, -0.2) is 8.42 Å². The van der Waals surface area contributed by atoms with Crippen LogP contribution in [0.3, 0.4) is 0 Å². The zero-order valence-electron chi connectivity index (χ0n) is 15.2. The average Bonchev–Trinajstić information content (AvgIpc) is 2.98. The third-order valence-electron chi connectivity index (χ3n) is 5.55. The van der Waals surface area contributed by atoms with Gasteiger partial charge in [-0.3, -0.25) is 4.99 Å². The second-order valence-electron chi connectivity index (χ2n) is 7.81. The molecular weight excluding hydrogens is 338 g/mol. The van der Waals surface area contributed by atoms with Gasteiger partial charge in [-0.05, 0) is 44.4 Å². The first-order chi connectivity index (χ1) is 12.1. The van der Waals surface area contributed by atoms with E-state index in [1.807, 2.05) is 0 Å². The first-order valence-corrected chi connectivity index (χ1v) is 11.8. The molecule has 2 unspecified atom stereocenters. The number of hydrogen-bond acceptors (Lipinski definition) is 4. The fourth-order valence-electron chi connectivity index (χ4n) is 4.01. The summed E-state index contributed by atoms with van der Waals surface area (Å²) in [5.41, 5.74) is 0. The number of hydrogen-bond donors (Lipinski definition) is 2. The number of nitrogens with one attached hydrogen (secondary N) is 2. The molecule has 0 radical (unpaired) electrons. The van der Waals surface area contributed by atoms with Crippen molar-refractivity contribution in [2.24, 2.45) is 10.9 Å². The molecule has 144 valence electrons. The molecule has 0 bridgehead atoms. The van der Waals surface area contributed by atoms with Crippen LogP contribution in [0.2, 0.25) is 0 Å². The zero-order chi connectivity index (χ0) is 17.5. The lowest BCUT2D eigenvalue weighted by Crippen LogP contribution is -2.47. The summed E-state index contributed by atoms with van der Waals surface area (Å²) in [7, 11) is -2.83. The SMILES string of the molecule is O=S1(=O)CCC(CN=C(NCC2CCCCO2)NC2CCCCC2)C1. The summed E-state index contributed by atoms with van der Waals surface area (Å²) in [5, 5.41) is 7.02. The molecule has 7 heteroatoms. The van der Waals surface area contributed by atoms with Gasteiger partial charge in [0.25, 0.3) is 0 Å². The normalized spacial score (nSPS) is 31.0. The molecule has 0 amide bonds.